The van der Waals surface area contributed by atoms with Crippen molar-refractivity contribution in [3.05, 3.63) is 60.2 Å². The van der Waals surface area contributed by atoms with Gasteiger partial charge >= 0.3 is 5.97 Å². The van der Waals surface area contributed by atoms with Crippen molar-refractivity contribution >= 4 is 17.8 Å². The number of carbonyl (C=O) groups excluding carboxylic acids is 3. The molecule has 2 fully saturated rings. The third kappa shape index (κ3) is 5.01. The smallest absolute Gasteiger partial charge is 0.310 e. The van der Waals surface area contributed by atoms with E-state index >= 15 is 0 Å². The number of amides is 2. The van der Waals surface area contributed by atoms with Crippen molar-refractivity contribution < 1.29 is 19.1 Å². The van der Waals surface area contributed by atoms with Gasteiger partial charge in [-0.15, -0.1) is 0 Å². The Morgan fingerprint density at radius 3 is 2.50 bits per heavy atom. The van der Waals surface area contributed by atoms with E-state index in [0.717, 1.165) is 16.7 Å². The van der Waals surface area contributed by atoms with Crippen LogP contribution in [-0.4, -0.2) is 47.9 Å². The van der Waals surface area contributed by atoms with Gasteiger partial charge in [-0.05, 0) is 37.0 Å². The molecule has 2 aliphatic rings. The summed E-state index contributed by atoms with van der Waals surface area (Å²) < 4.78 is 5.37. The summed E-state index contributed by atoms with van der Waals surface area (Å²) in [7, 11) is 0. The van der Waals surface area contributed by atoms with Gasteiger partial charge in [0.05, 0.1) is 11.8 Å². The van der Waals surface area contributed by atoms with E-state index in [2.05, 4.69) is 23.5 Å². The van der Waals surface area contributed by atoms with E-state index in [9.17, 15) is 14.4 Å². The van der Waals surface area contributed by atoms with Crippen molar-refractivity contribution in [3.8, 4) is 11.1 Å². The van der Waals surface area contributed by atoms with Crippen LogP contribution in [0.4, 0.5) is 0 Å². The number of benzene rings is 2. The first-order valence-electron chi connectivity index (χ1n) is 11.2. The summed E-state index contributed by atoms with van der Waals surface area (Å²) >= 11 is 0. The predicted octanol–water partition coefficient (Wildman–Crippen LogP) is 3.20. The molecule has 0 bridgehead atoms. The van der Waals surface area contributed by atoms with E-state index in [-0.39, 0.29) is 30.1 Å². The van der Waals surface area contributed by atoms with Gasteiger partial charge in [-0.25, -0.2) is 0 Å². The van der Waals surface area contributed by atoms with Crippen molar-refractivity contribution in [2.45, 2.75) is 38.7 Å². The average molecular weight is 435 g/mol. The Balaban J connectivity index is 1.48. The number of nitrogens with zero attached hydrogens (tertiary/aromatic N) is 1. The lowest BCUT2D eigenvalue weighted by Gasteiger charge is -2.24. The van der Waals surface area contributed by atoms with Crippen LogP contribution in [0, 0.1) is 11.8 Å². The predicted molar refractivity (Wildman–Crippen MR) is 122 cm³/mol. The highest BCUT2D eigenvalue weighted by atomic mass is 16.6. The molecule has 32 heavy (non-hydrogen) atoms. The number of rotatable bonds is 5. The first kappa shape index (κ1) is 22.1. The Bertz CT molecular complexity index is 1000. The van der Waals surface area contributed by atoms with Crippen LogP contribution in [0.2, 0.25) is 0 Å². The highest BCUT2D eigenvalue weighted by Gasteiger charge is 2.41. The molecule has 0 aromatic heterocycles. The van der Waals surface area contributed by atoms with Gasteiger partial charge in [0.25, 0.3) is 0 Å². The topological polar surface area (TPSA) is 75.7 Å². The fourth-order valence-electron chi connectivity index (χ4n) is 4.71. The molecule has 2 heterocycles. The van der Waals surface area contributed by atoms with E-state index in [0.29, 0.717) is 32.5 Å². The molecule has 0 spiro atoms. The van der Waals surface area contributed by atoms with Crippen LogP contribution in [0.15, 0.2) is 54.6 Å². The maximum Gasteiger partial charge on any atom is 0.310 e. The summed E-state index contributed by atoms with van der Waals surface area (Å²) in [6, 6.07) is 18.2. The molecule has 2 saturated heterocycles. The minimum Gasteiger partial charge on any atom is -0.459 e. The highest BCUT2D eigenvalue weighted by molar-refractivity contribution is 5.86. The van der Waals surface area contributed by atoms with Gasteiger partial charge in [-0.2, -0.15) is 0 Å². The molecular formula is C26H30N2O4. The average Bonchev–Trinajstić information content (AvgIpc) is 2.91. The largest absolute Gasteiger partial charge is 0.459 e. The summed E-state index contributed by atoms with van der Waals surface area (Å²) in [6.45, 7) is 4.95. The van der Waals surface area contributed by atoms with Gasteiger partial charge in [0.1, 0.15) is 5.60 Å². The van der Waals surface area contributed by atoms with Crippen molar-refractivity contribution in [1.82, 2.24) is 10.2 Å². The van der Waals surface area contributed by atoms with Gasteiger partial charge in [0, 0.05) is 32.5 Å². The van der Waals surface area contributed by atoms with Crippen LogP contribution >= 0.6 is 0 Å². The van der Waals surface area contributed by atoms with Gasteiger partial charge < -0.3 is 15.0 Å². The van der Waals surface area contributed by atoms with Crippen LogP contribution < -0.4 is 5.32 Å². The third-order valence-electron chi connectivity index (χ3n) is 6.28. The molecule has 0 unspecified atom stereocenters. The van der Waals surface area contributed by atoms with E-state index in [1.165, 1.54) is 0 Å². The lowest BCUT2D eigenvalue weighted by atomic mass is 9.91. The highest BCUT2D eigenvalue weighted by Crippen LogP contribution is 2.33. The lowest BCUT2D eigenvalue weighted by molar-refractivity contribution is -0.150. The SMILES string of the molecule is CC1(C)C[C@@H](CC(=O)N2CCNC(=O)[C@H](Cc3ccccc3-c3ccccc3)C2)C(=O)O1. The van der Waals surface area contributed by atoms with E-state index < -0.39 is 11.5 Å². The Kier molecular flexibility index (Phi) is 6.31. The fourth-order valence-corrected chi connectivity index (χ4v) is 4.71. The fraction of sp³-hybridized carbons (Fsp3) is 0.423. The Labute approximate surface area is 188 Å². The van der Waals surface area contributed by atoms with Crippen LogP contribution in [0.1, 0.15) is 32.3 Å². The maximum absolute atomic E-state index is 13.0. The second-order valence-corrected chi connectivity index (χ2v) is 9.34. The van der Waals surface area contributed by atoms with Crippen LogP contribution in [-0.2, 0) is 25.5 Å². The molecule has 2 aromatic carbocycles. The number of hydrogen-bond donors (Lipinski definition) is 1. The number of cyclic esters (lactones) is 1. The number of carbonyl (C=O) groups is 3. The van der Waals surface area contributed by atoms with Crippen molar-refractivity contribution in [2.24, 2.45) is 11.8 Å². The molecule has 2 aromatic rings. The second kappa shape index (κ2) is 9.15. The molecule has 4 rings (SSSR count). The standard InChI is InChI=1S/C26H30N2O4/c1-26(2)16-20(25(31)32-26)15-23(29)28-13-12-27-24(30)21(17-28)14-19-10-6-7-11-22(19)18-8-4-3-5-9-18/h3-11,20-21H,12-17H2,1-2H3,(H,27,30)/t20-,21-/m1/s1. The lowest BCUT2D eigenvalue weighted by Crippen LogP contribution is -2.38. The summed E-state index contributed by atoms with van der Waals surface area (Å²) in [5.74, 6) is -1.20. The first-order valence-corrected chi connectivity index (χ1v) is 11.2. The quantitative estimate of drug-likeness (QED) is 0.734. The van der Waals surface area contributed by atoms with E-state index in [4.69, 9.17) is 4.74 Å². The van der Waals surface area contributed by atoms with Crippen molar-refractivity contribution in [3.63, 3.8) is 0 Å². The molecule has 0 aliphatic carbocycles. The number of hydrogen-bond acceptors (Lipinski definition) is 4. The Morgan fingerprint density at radius 2 is 1.78 bits per heavy atom. The number of ether oxygens (including phenoxy) is 1. The minimum absolute atomic E-state index is 0.0374. The summed E-state index contributed by atoms with van der Waals surface area (Å²) in [5, 5.41) is 2.95. The van der Waals surface area contributed by atoms with E-state index in [1.54, 1.807) is 4.90 Å². The zero-order chi connectivity index (χ0) is 22.7. The van der Waals surface area contributed by atoms with Crippen molar-refractivity contribution in [2.75, 3.05) is 19.6 Å². The first-order chi connectivity index (χ1) is 15.3. The summed E-state index contributed by atoms with van der Waals surface area (Å²) in [4.78, 5) is 39.7. The molecule has 1 N–H and O–H groups in total. The van der Waals surface area contributed by atoms with E-state index in [1.807, 2.05) is 50.2 Å². The molecule has 6 nitrogen and oxygen atoms in total. The second-order valence-electron chi connectivity index (χ2n) is 9.34. The maximum atomic E-state index is 13.0. The zero-order valence-corrected chi connectivity index (χ0v) is 18.7. The number of esters is 1. The van der Waals surface area contributed by atoms with Crippen molar-refractivity contribution in [1.29, 1.82) is 0 Å². The van der Waals surface area contributed by atoms with Gasteiger partial charge in [0.15, 0.2) is 0 Å². The third-order valence-corrected chi connectivity index (χ3v) is 6.28. The molecule has 2 amide bonds. The summed E-state index contributed by atoms with van der Waals surface area (Å²) in [5.41, 5.74) is 2.75. The van der Waals surface area contributed by atoms with Crippen LogP contribution in [0.5, 0.6) is 0 Å². The Hall–Kier alpha value is -3.15. The molecule has 2 aliphatic heterocycles. The zero-order valence-electron chi connectivity index (χ0n) is 18.7. The Morgan fingerprint density at radius 1 is 1.06 bits per heavy atom. The molecule has 168 valence electrons. The van der Waals surface area contributed by atoms with Gasteiger partial charge in [-0.3, -0.25) is 14.4 Å². The minimum atomic E-state index is -0.526. The molecule has 0 radical (unpaired) electrons. The summed E-state index contributed by atoms with van der Waals surface area (Å²) in [6.07, 6.45) is 1.21. The van der Waals surface area contributed by atoms with Crippen LogP contribution in [0.3, 0.4) is 0 Å². The van der Waals surface area contributed by atoms with Gasteiger partial charge in [-0.1, -0.05) is 54.6 Å². The molecule has 0 saturated carbocycles. The molecule has 6 heteroatoms. The number of nitrogens with one attached hydrogen (secondary N) is 1. The van der Waals surface area contributed by atoms with Crippen LogP contribution in [0.25, 0.3) is 11.1 Å². The molecule has 2 atom stereocenters. The normalized spacial score (nSPS) is 22.8. The van der Waals surface area contributed by atoms with Gasteiger partial charge in [0.2, 0.25) is 11.8 Å². The monoisotopic (exact) mass is 434 g/mol. The molecular weight excluding hydrogens is 404 g/mol.